The van der Waals surface area contributed by atoms with Crippen LogP contribution in [0.1, 0.15) is 33.4 Å². The van der Waals surface area contributed by atoms with Crippen LogP contribution in [0.3, 0.4) is 0 Å². The molecule has 3 heteroatoms. The van der Waals surface area contributed by atoms with Gasteiger partial charge >= 0.3 is 0 Å². The van der Waals surface area contributed by atoms with E-state index in [4.69, 9.17) is 14.2 Å². The Kier molecular flexibility index (Phi) is 4.70. The van der Waals surface area contributed by atoms with Crippen molar-refractivity contribution in [2.24, 2.45) is 0 Å². The minimum absolute atomic E-state index is 0.514. The molecule has 0 saturated heterocycles. The molecule has 1 heterocycles. The van der Waals surface area contributed by atoms with E-state index in [1.165, 1.54) is 33.4 Å². The Morgan fingerprint density at radius 1 is 0.475 bits per heavy atom. The Labute approximate surface area is 233 Å². The minimum Gasteiger partial charge on any atom is -0.496 e. The fraction of sp³-hybridized carbons (Fsp3) is 0.135. The molecule has 6 aromatic rings. The van der Waals surface area contributed by atoms with E-state index in [9.17, 15) is 0 Å². The van der Waals surface area contributed by atoms with Crippen LogP contribution < -0.4 is 14.2 Å². The molecule has 0 fully saturated rings. The monoisotopic (exact) mass is 520 g/mol. The smallest absolute Gasteiger partial charge is 0.140 e. The van der Waals surface area contributed by atoms with Gasteiger partial charge in [-0.25, -0.2) is 0 Å². The van der Waals surface area contributed by atoms with Crippen LogP contribution in [0.2, 0.25) is 0 Å². The second kappa shape index (κ2) is 8.12. The highest BCUT2D eigenvalue weighted by atomic mass is 16.5. The molecule has 1 spiro atoms. The van der Waals surface area contributed by atoms with Gasteiger partial charge in [-0.3, -0.25) is 0 Å². The van der Waals surface area contributed by atoms with Crippen molar-refractivity contribution in [2.45, 2.75) is 19.3 Å². The first kappa shape index (κ1) is 23.2. The third-order valence-corrected chi connectivity index (χ3v) is 9.15. The summed E-state index contributed by atoms with van der Waals surface area (Å²) in [6, 6.07) is 35.1. The lowest BCUT2D eigenvalue weighted by molar-refractivity contribution is 0.412. The Morgan fingerprint density at radius 2 is 0.900 bits per heavy atom. The molecule has 194 valence electrons. The number of methoxy groups -OCH3 is 2. The van der Waals surface area contributed by atoms with Gasteiger partial charge in [-0.1, -0.05) is 72.8 Å². The summed E-state index contributed by atoms with van der Waals surface area (Å²) in [5.41, 5.74) is 9.15. The Hall–Kier alpha value is -4.76. The molecular formula is C37H28O3. The molecule has 1 aliphatic heterocycles. The van der Waals surface area contributed by atoms with Crippen LogP contribution in [-0.2, 0) is 5.41 Å². The van der Waals surface area contributed by atoms with Gasteiger partial charge in [0.25, 0.3) is 0 Å². The topological polar surface area (TPSA) is 27.7 Å². The third-order valence-electron chi connectivity index (χ3n) is 9.15. The lowest BCUT2D eigenvalue weighted by atomic mass is 9.65. The number of hydrogen-bond acceptors (Lipinski definition) is 3. The molecule has 0 amide bonds. The molecule has 0 atom stereocenters. The summed E-state index contributed by atoms with van der Waals surface area (Å²) in [5, 5.41) is 4.44. The molecule has 0 unspecified atom stereocenters. The van der Waals surface area contributed by atoms with Crippen molar-refractivity contribution in [1.29, 1.82) is 0 Å². The highest BCUT2D eigenvalue weighted by Gasteiger charge is 2.51. The number of benzene rings is 6. The van der Waals surface area contributed by atoms with Crippen LogP contribution in [0.5, 0.6) is 23.0 Å². The van der Waals surface area contributed by atoms with Gasteiger partial charge in [-0.15, -0.1) is 0 Å². The molecule has 2 aliphatic rings. The fourth-order valence-corrected chi connectivity index (χ4v) is 7.33. The quantitative estimate of drug-likeness (QED) is 0.227. The van der Waals surface area contributed by atoms with Gasteiger partial charge in [0.1, 0.15) is 23.0 Å². The maximum atomic E-state index is 7.10. The molecule has 8 rings (SSSR count). The van der Waals surface area contributed by atoms with E-state index in [0.29, 0.717) is 0 Å². The minimum atomic E-state index is -0.514. The zero-order valence-corrected chi connectivity index (χ0v) is 23.0. The second-order valence-electron chi connectivity index (χ2n) is 10.8. The van der Waals surface area contributed by atoms with Crippen molar-refractivity contribution < 1.29 is 14.2 Å². The number of aryl methyl sites for hydroxylation is 2. The van der Waals surface area contributed by atoms with Crippen molar-refractivity contribution in [2.75, 3.05) is 14.2 Å². The molecule has 0 N–H and O–H groups in total. The molecule has 0 saturated carbocycles. The van der Waals surface area contributed by atoms with Crippen LogP contribution in [0, 0.1) is 13.8 Å². The summed E-state index contributed by atoms with van der Waals surface area (Å²) in [6.45, 7) is 4.23. The summed E-state index contributed by atoms with van der Waals surface area (Å²) in [7, 11) is 3.45. The molecule has 0 bridgehead atoms. The van der Waals surface area contributed by atoms with E-state index in [2.05, 4.69) is 111 Å². The molecule has 6 aromatic carbocycles. The average Bonchev–Trinajstić information content (AvgIpc) is 3.28. The maximum Gasteiger partial charge on any atom is 0.140 e. The molecule has 0 radical (unpaired) electrons. The van der Waals surface area contributed by atoms with Crippen LogP contribution in [0.15, 0.2) is 97.1 Å². The summed E-state index contributed by atoms with van der Waals surface area (Å²) in [5.74, 6) is 3.57. The molecule has 0 aromatic heterocycles. The second-order valence-corrected chi connectivity index (χ2v) is 10.8. The first-order valence-electron chi connectivity index (χ1n) is 13.7. The highest BCUT2D eigenvalue weighted by molar-refractivity contribution is 6.01. The van der Waals surface area contributed by atoms with Gasteiger partial charge in [0.05, 0.1) is 19.6 Å². The van der Waals surface area contributed by atoms with Crippen LogP contribution in [0.25, 0.3) is 32.7 Å². The van der Waals surface area contributed by atoms with Crippen molar-refractivity contribution >= 4 is 21.5 Å². The normalized spacial score (nSPS) is 13.9. The van der Waals surface area contributed by atoms with Crippen molar-refractivity contribution in [3.05, 3.63) is 130 Å². The van der Waals surface area contributed by atoms with Gasteiger partial charge in [0.15, 0.2) is 0 Å². The highest BCUT2D eigenvalue weighted by Crippen LogP contribution is 2.64. The van der Waals surface area contributed by atoms with Crippen molar-refractivity contribution in [1.82, 2.24) is 0 Å². The summed E-state index contributed by atoms with van der Waals surface area (Å²) >= 11 is 0. The first-order chi connectivity index (χ1) is 19.6. The van der Waals surface area contributed by atoms with Gasteiger partial charge < -0.3 is 14.2 Å². The summed E-state index contributed by atoms with van der Waals surface area (Å²) in [6.07, 6.45) is 0. The van der Waals surface area contributed by atoms with Gasteiger partial charge in [0.2, 0.25) is 0 Å². The van der Waals surface area contributed by atoms with E-state index < -0.39 is 5.41 Å². The zero-order valence-electron chi connectivity index (χ0n) is 23.0. The Bertz CT molecular complexity index is 1890. The summed E-state index contributed by atoms with van der Waals surface area (Å²) < 4.78 is 18.5. The van der Waals surface area contributed by atoms with E-state index in [-0.39, 0.29) is 0 Å². The SMILES string of the molecule is COc1ccc2c3c(ccc2c1C)C1(c2ccccc2-c2ccccc21)c1ccc2c(C)c(OC)ccc2c1O3. The standard InChI is InChI=1S/C37H28O3/c1-21-23-13-17-31-35(27(23)15-19-33(21)38-3)40-36-28-16-20-34(39-4)22(2)24(28)14-18-32(36)37(31)29-11-7-5-9-25(29)26-10-6-8-12-30(26)37/h5-20H,1-4H3. The van der Waals surface area contributed by atoms with Gasteiger partial charge in [0, 0.05) is 21.9 Å². The van der Waals surface area contributed by atoms with Crippen molar-refractivity contribution in [3.8, 4) is 34.1 Å². The fourth-order valence-electron chi connectivity index (χ4n) is 7.33. The van der Waals surface area contributed by atoms with Gasteiger partial charge in [-0.2, -0.15) is 0 Å². The van der Waals surface area contributed by atoms with Crippen LogP contribution in [0.4, 0.5) is 0 Å². The number of fused-ring (bicyclic) bond motifs is 13. The maximum absolute atomic E-state index is 7.10. The Morgan fingerprint density at radius 3 is 1.35 bits per heavy atom. The lowest BCUT2D eigenvalue weighted by Crippen LogP contribution is -2.32. The van der Waals surface area contributed by atoms with E-state index in [1.807, 2.05) is 0 Å². The molecule has 3 nitrogen and oxygen atoms in total. The predicted octanol–water partition coefficient (Wildman–Crippen LogP) is 9.10. The van der Waals surface area contributed by atoms with Crippen molar-refractivity contribution in [3.63, 3.8) is 0 Å². The van der Waals surface area contributed by atoms with Crippen LogP contribution >= 0.6 is 0 Å². The largest absolute Gasteiger partial charge is 0.496 e. The third kappa shape index (κ3) is 2.69. The average molecular weight is 521 g/mol. The zero-order chi connectivity index (χ0) is 27.2. The van der Waals surface area contributed by atoms with Crippen LogP contribution in [-0.4, -0.2) is 14.2 Å². The Balaban J connectivity index is 1.58. The van der Waals surface area contributed by atoms with E-state index in [0.717, 1.165) is 55.7 Å². The number of ether oxygens (including phenoxy) is 3. The lowest BCUT2D eigenvalue weighted by Gasteiger charge is -2.40. The molecule has 1 aliphatic carbocycles. The summed E-state index contributed by atoms with van der Waals surface area (Å²) in [4.78, 5) is 0. The molecular weight excluding hydrogens is 492 g/mol. The van der Waals surface area contributed by atoms with E-state index >= 15 is 0 Å². The predicted molar refractivity (Wildman–Crippen MR) is 161 cm³/mol. The molecule has 40 heavy (non-hydrogen) atoms. The number of hydrogen-bond donors (Lipinski definition) is 0. The first-order valence-corrected chi connectivity index (χ1v) is 13.7. The van der Waals surface area contributed by atoms with Gasteiger partial charge in [-0.05, 0) is 82.3 Å². The van der Waals surface area contributed by atoms with E-state index in [1.54, 1.807) is 14.2 Å². The number of rotatable bonds is 2.